The molecule has 0 aliphatic rings. The molecule has 0 amide bonds. The first-order chi connectivity index (χ1) is 8.25. The summed E-state index contributed by atoms with van der Waals surface area (Å²) in [5, 5.41) is 3.44. The van der Waals surface area contributed by atoms with Crippen molar-refractivity contribution < 1.29 is 0 Å². The topological polar surface area (TPSA) is 24.9 Å². The van der Waals surface area contributed by atoms with Crippen molar-refractivity contribution >= 4 is 15.9 Å². The van der Waals surface area contributed by atoms with Crippen LogP contribution >= 0.6 is 15.9 Å². The molecule has 0 saturated heterocycles. The molecule has 0 atom stereocenters. The molecule has 2 aromatic rings. The Morgan fingerprint density at radius 1 is 1.12 bits per heavy atom. The van der Waals surface area contributed by atoms with Crippen LogP contribution in [0.5, 0.6) is 0 Å². The Labute approximate surface area is 110 Å². The van der Waals surface area contributed by atoms with Crippen LogP contribution < -0.4 is 5.32 Å². The lowest BCUT2D eigenvalue weighted by molar-refractivity contribution is 0.689. The van der Waals surface area contributed by atoms with E-state index < -0.39 is 0 Å². The quantitative estimate of drug-likeness (QED) is 0.933. The summed E-state index contributed by atoms with van der Waals surface area (Å²) in [6, 6.07) is 10.4. The highest BCUT2D eigenvalue weighted by Gasteiger charge is 1.97. The number of hydrogen-bond acceptors (Lipinski definition) is 2. The predicted octanol–water partition coefficient (Wildman–Crippen LogP) is 3.44. The molecule has 0 aliphatic heterocycles. The third-order valence-corrected chi connectivity index (χ3v) is 3.22. The molecule has 0 bridgehead atoms. The molecule has 1 heterocycles. The summed E-state index contributed by atoms with van der Waals surface area (Å²) < 4.78 is 1.12. The average molecular weight is 291 g/mol. The van der Waals surface area contributed by atoms with E-state index in [4.69, 9.17) is 0 Å². The molecule has 0 spiro atoms. The largest absolute Gasteiger partial charge is 0.309 e. The van der Waals surface area contributed by atoms with Gasteiger partial charge in [0.05, 0.1) is 0 Å². The van der Waals surface area contributed by atoms with Crippen molar-refractivity contribution in [2.75, 3.05) is 0 Å². The predicted molar refractivity (Wildman–Crippen MR) is 73.7 cm³/mol. The average Bonchev–Trinajstić information content (AvgIpc) is 2.34. The number of aryl methyl sites for hydroxylation is 1. The maximum atomic E-state index is 4.09. The van der Waals surface area contributed by atoms with Crippen LogP contribution in [-0.2, 0) is 13.1 Å². The van der Waals surface area contributed by atoms with E-state index in [2.05, 4.69) is 63.5 Å². The standard InChI is InChI=1S/C14H15BrN2/c1-11-8-16-7-6-13(11)10-17-9-12-2-4-14(15)5-3-12/h2-8,17H,9-10H2,1H3. The highest BCUT2D eigenvalue weighted by molar-refractivity contribution is 9.10. The molecule has 3 heteroatoms. The van der Waals surface area contributed by atoms with E-state index in [0.717, 1.165) is 17.6 Å². The van der Waals surface area contributed by atoms with Crippen molar-refractivity contribution in [3.05, 3.63) is 63.9 Å². The Hall–Kier alpha value is -1.19. The fourth-order valence-electron chi connectivity index (χ4n) is 1.64. The molecule has 0 saturated carbocycles. The van der Waals surface area contributed by atoms with E-state index >= 15 is 0 Å². The molecule has 0 unspecified atom stereocenters. The zero-order valence-electron chi connectivity index (χ0n) is 9.78. The molecule has 0 fully saturated rings. The molecule has 1 N–H and O–H groups in total. The first-order valence-corrected chi connectivity index (χ1v) is 6.39. The SMILES string of the molecule is Cc1cnccc1CNCc1ccc(Br)cc1. The lowest BCUT2D eigenvalue weighted by Gasteiger charge is -2.07. The van der Waals surface area contributed by atoms with Crippen LogP contribution in [0.15, 0.2) is 47.2 Å². The van der Waals surface area contributed by atoms with Crippen LogP contribution in [-0.4, -0.2) is 4.98 Å². The number of aromatic nitrogens is 1. The van der Waals surface area contributed by atoms with Crippen molar-refractivity contribution in [2.24, 2.45) is 0 Å². The number of rotatable bonds is 4. The maximum absolute atomic E-state index is 4.09. The van der Waals surface area contributed by atoms with E-state index in [1.807, 2.05) is 12.4 Å². The van der Waals surface area contributed by atoms with Gasteiger partial charge in [-0.1, -0.05) is 28.1 Å². The third kappa shape index (κ3) is 3.65. The Morgan fingerprint density at radius 2 is 1.88 bits per heavy atom. The van der Waals surface area contributed by atoms with E-state index in [9.17, 15) is 0 Å². The Kier molecular flexibility index (Phi) is 4.29. The Bertz CT molecular complexity index is 480. The molecule has 0 radical (unpaired) electrons. The number of pyridine rings is 1. The number of nitrogens with one attached hydrogen (secondary N) is 1. The van der Waals surface area contributed by atoms with Crippen LogP contribution in [0, 0.1) is 6.92 Å². The number of halogens is 1. The maximum Gasteiger partial charge on any atom is 0.0300 e. The van der Waals surface area contributed by atoms with Gasteiger partial charge in [0.25, 0.3) is 0 Å². The molecule has 2 rings (SSSR count). The van der Waals surface area contributed by atoms with Gasteiger partial charge in [0.1, 0.15) is 0 Å². The van der Waals surface area contributed by atoms with Gasteiger partial charge < -0.3 is 5.32 Å². The van der Waals surface area contributed by atoms with Gasteiger partial charge in [-0.25, -0.2) is 0 Å². The van der Waals surface area contributed by atoms with Gasteiger partial charge in [-0.05, 0) is 41.8 Å². The van der Waals surface area contributed by atoms with Crippen molar-refractivity contribution in [1.29, 1.82) is 0 Å². The summed E-state index contributed by atoms with van der Waals surface area (Å²) in [5.74, 6) is 0. The Morgan fingerprint density at radius 3 is 2.59 bits per heavy atom. The lowest BCUT2D eigenvalue weighted by Crippen LogP contribution is -2.13. The zero-order valence-corrected chi connectivity index (χ0v) is 11.4. The minimum absolute atomic E-state index is 0.879. The third-order valence-electron chi connectivity index (χ3n) is 2.69. The highest BCUT2D eigenvalue weighted by Crippen LogP contribution is 2.10. The summed E-state index contributed by atoms with van der Waals surface area (Å²) in [6.45, 7) is 3.85. The van der Waals surface area contributed by atoms with Crippen molar-refractivity contribution in [1.82, 2.24) is 10.3 Å². The van der Waals surface area contributed by atoms with Gasteiger partial charge in [-0.15, -0.1) is 0 Å². The van der Waals surface area contributed by atoms with Crippen LogP contribution in [0.2, 0.25) is 0 Å². The molecule has 88 valence electrons. The van der Waals surface area contributed by atoms with Crippen molar-refractivity contribution in [3.63, 3.8) is 0 Å². The monoisotopic (exact) mass is 290 g/mol. The minimum Gasteiger partial charge on any atom is -0.309 e. The van der Waals surface area contributed by atoms with E-state index in [-0.39, 0.29) is 0 Å². The summed E-state index contributed by atoms with van der Waals surface area (Å²) >= 11 is 3.43. The molecule has 1 aromatic heterocycles. The van der Waals surface area contributed by atoms with Crippen molar-refractivity contribution in [2.45, 2.75) is 20.0 Å². The number of hydrogen-bond donors (Lipinski definition) is 1. The lowest BCUT2D eigenvalue weighted by atomic mass is 10.1. The second kappa shape index (κ2) is 5.94. The molecular formula is C14H15BrN2. The molecule has 0 aliphatic carbocycles. The van der Waals surface area contributed by atoms with Gasteiger partial charge in [-0.2, -0.15) is 0 Å². The summed E-state index contributed by atoms with van der Waals surface area (Å²) in [7, 11) is 0. The normalized spacial score (nSPS) is 10.5. The fraction of sp³-hybridized carbons (Fsp3) is 0.214. The second-order valence-corrected chi connectivity index (χ2v) is 4.95. The molecule has 2 nitrogen and oxygen atoms in total. The summed E-state index contributed by atoms with van der Waals surface area (Å²) in [5.41, 5.74) is 3.83. The number of benzene rings is 1. The Balaban J connectivity index is 1.88. The highest BCUT2D eigenvalue weighted by atomic mass is 79.9. The van der Waals surface area contributed by atoms with E-state index in [0.29, 0.717) is 0 Å². The van der Waals surface area contributed by atoms with Crippen LogP contribution in [0.4, 0.5) is 0 Å². The van der Waals surface area contributed by atoms with Crippen molar-refractivity contribution in [3.8, 4) is 0 Å². The molecular weight excluding hydrogens is 276 g/mol. The zero-order chi connectivity index (χ0) is 12.1. The first-order valence-electron chi connectivity index (χ1n) is 5.60. The van der Waals surface area contributed by atoms with Gasteiger partial charge in [0.2, 0.25) is 0 Å². The van der Waals surface area contributed by atoms with Crippen LogP contribution in [0.25, 0.3) is 0 Å². The van der Waals surface area contributed by atoms with Gasteiger partial charge in [0.15, 0.2) is 0 Å². The van der Waals surface area contributed by atoms with E-state index in [1.54, 1.807) is 0 Å². The molecule has 17 heavy (non-hydrogen) atoms. The first kappa shape index (κ1) is 12.3. The smallest absolute Gasteiger partial charge is 0.0300 e. The fourth-order valence-corrected chi connectivity index (χ4v) is 1.91. The van der Waals surface area contributed by atoms with Gasteiger partial charge >= 0.3 is 0 Å². The van der Waals surface area contributed by atoms with Crippen LogP contribution in [0.3, 0.4) is 0 Å². The molecule has 1 aromatic carbocycles. The van der Waals surface area contributed by atoms with E-state index in [1.165, 1.54) is 16.7 Å². The van der Waals surface area contributed by atoms with Gasteiger partial charge in [-0.3, -0.25) is 4.98 Å². The number of nitrogens with zero attached hydrogens (tertiary/aromatic N) is 1. The second-order valence-electron chi connectivity index (χ2n) is 4.03. The minimum atomic E-state index is 0.879. The summed E-state index contributed by atoms with van der Waals surface area (Å²) in [4.78, 5) is 4.09. The van der Waals surface area contributed by atoms with Crippen LogP contribution in [0.1, 0.15) is 16.7 Å². The summed E-state index contributed by atoms with van der Waals surface area (Å²) in [6.07, 6.45) is 3.74. The van der Waals surface area contributed by atoms with Gasteiger partial charge in [0, 0.05) is 30.0 Å².